The van der Waals surface area contributed by atoms with Crippen molar-refractivity contribution in [3.8, 4) is 0 Å². The van der Waals surface area contributed by atoms with Gasteiger partial charge < -0.3 is 0 Å². The van der Waals surface area contributed by atoms with Gasteiger partial charge in [-0.1, -0.05) is 23.2 Å². The minimum absolute atomic E-state index is 0.309. The molecule has 0 atom stereocenters. The van der Waals surface area contributed by atoms with E-state index in [1.807, 2.05) is 0 Å². The van der Waals surface area contributed by atoms with Crippen molar-refractivity contribution in [3.05, 3.63) is 28.2 Å². The highest BCUT2D eigenvalue weighted by atomic mass is 35.5. The summed E-state index contributed by atoms with van der Waals surface area (Å²) in [5.41, 5.74) is 0.309. The van der Waals surface area contributed by atoms with Crippen LogP contribution in [-0.4, -0.2) is 11.8 Å². The average molecular weight is 246 g/mol. The quantitative estimate of drug-likeness (QED) is 0.763. The van der Waals surface area contributed by atoms with E-state index in [1.54, 1.807) is 6.07 Å². The molecule has 0 spiro atoms. The molecule has 1 aromatic carbocycles. The van der Waals surface area contributed by atoms with Crippen LogP contribution in [0.1, 0.15) is 13.8 Å². The van der Waals surface area contributed by atoms with Gasteiger partial charge in [-0.25, -0.2) is 4.90 Å². The van der Waals surface area contributed by atoms with Crippen LogP contribution >= 0.6 is 23.2 Å². The maximum atomic E-state index is 11.3. The molecule has 0 N–H and O–H groups in total. The van der Waals surface area contributed by atoms with E-state index in [0.717, 1.165) is 4.90 Å². The third kappa shape index (κ3) is 2.70. The number of nitrogens with zero attached hydrogens (tertiary/aromatic N) is 1. The van der Waals surface area contributed by atoms with Crippen LogP contribution in [-0.2, 0) is 9.59 Å². The highest BCUT2D eigenvalue weighted by Gasteiger charge is 2.19. The number of imide groups is 1. The van der Waals surface area contributed by atoms with Gasteiger partial charge in [-0.2, -0.15) is 0 Å². The Bertz CT molecular complexity index is 404. The molecule has 2 amide bonds. The topological polar surface area (TPSA) is 37.4 Å². The molecule has 0 aliphatic heterocycles. The van der Waals surface area contributed by atoms with Gasteiger partial charge in [-0.05, 0) is 18.2 Å². The number of rotatable bonds is 1. The van der Waals surface area contributed by atoms with Crippen LogP contribution in [0.15, 0.2) is 18.2 Å². The lowest BCUT2D eigenvalue weighted by atomic mass is 10.2. The summed E-state index contributed by atoms with van der Waals surface area (Å²) in [7, 11) is 0. The smallest absolute Gasteiger partial charge is 0.230 e. The van der Waals surface area contributed by atoms with Crippen molar-refractivity contribution in [1.82, 2.24) is 0 Å². The van der Waals surface area contributed by atoms with Gasteiger partial charge in [0.25, 0.3) is 0 Å². The molecule has 3 nitrogen and oxygen atoms in total. The normalized spacial score (nSPS) is 9.87. The molecule has 0 aliphatic rings. The zero-order valence-electron chi connectivity index (χ0n) is 8.25. The number of hydrogen-bond acceptors (Lipinski definition) is 2. The van der Waals surface area contributed by atoms with Gasteiger partial charge >= 0.3 is 0 Å². The standard InChI is InChI=1S/C10H9Cl2NO2/c1-6(14)13(7(2)15)10-5-8(11)3-4-9(10)12/h3-5H,1-2H3. The van der Waals surface area contributed by atoms with E-state index in [1.165, 1.54) is 26.0 Å². The van der Waals surface area contributed by atoms with Crippen molar-refractivity contribution in [2.75, 3.05) is 4.90 Å². The predicted molar refractivity (Wildman–Crippen MR) is 60.3 cm³/mol. The second-order valence-corrected chi connectivity index (χ2v) is 3.81. The summed E-state index contributed by atoms with van der Waals surface area (Å²) in [5.74, 6) is -0.793. The van der Waals surface area contributed by atoms with Gasteiger partial charge in [0.05, 0.1) is 10.7 Å². The van der Waals surface area contributed by atoms with Crippen molar-refractivity contribution in [1.29, 1.82) is 0 Å². The highest BCUT2D eigenvalue weighted by Crippen LogP contribution is 2.29. The summed E-state index contributed by atoms with van der Waals surface area (Å²) in [6.07, 6.45) is 0. The summed E-state index contributed by atoms with van der Waals surface area (Å²) < 4.78 is 0. The molecule has 1 aromatic rings. The monoisotopic (exact) mass is 245 g/mol. The fraction of sp³-hybridized carbons (Fsp3) is 0.200. The lowest BCUT2D eigenvalue weighted by Crippen LogP contribution is -2.33. The maximum absolute atomic E-state index is 11.3. The first-order valence-electron chi connectivity index (χ1n) is 4.20. The average Bonchev–Trinajstić information content (AvgIpc) is 2.10. The Labute approximate surface area is 97.6 Å². The number of amides is 2. The molecule has 1 rings (SSSR count). The molecule has 0 radical (unpaired) electrons. The van der Waals surface area contributed by atoms with Crippen LogP contribution in [0.2, 0.25) is 10.0 Å². The first-order chi connectivity index (χ1) is 6.93. The number of halogens is 2. The van der Waals surface area contributed by atoms with E-state index in [4.69, 9.17) is 23.2 Å². The Hall–Kier alpha value is -1.06. The molecule has 0 unspecified atom stereocenters. The van der Waals surface area contributed by atoms with Crippen LogP contribution in [0.3, 0.4) is 0 Å². The molecule has 5 heteroatoms. The van der Waals surface area contributed by atoms with Crippen LogP contribution < -0.4 is 4.90 Å². The van der Waals surface area contributed by atoms with Gasteiger partial charge in [0.1, 0.15) is 0 Å². The molecule has 80 valence electrons. The van der Waals surface area contributed by atoms with E-state index in [2.05, 4.69) is 0 Å². The van der Waals surface area contributed by atoms with E-state index < -0.39 is 11.8 Å². The Balaban J connectivity index is 3.28. The van der Waals surface area contributed by atoms with Gasteiger partial charge in [0, 0.05) is 18.9 Å². The predicted octanol–water partition coefficient (Wildman–Crippen LogP) is 2.89. The maximum Gasteiger partial charge on any atom is 0.230 e. The third-order valence-corrected chi connectivity index (χ3v) is 2.33. The summed E-state index contributed by atoms with van der Waals surface area (Å²) in [6.45, 7) is 2.58. The van der Waals surface area contributed by atoms with Gasteiger partial charge in [0.2, 0.25) is 11.8 Å². The van der Waals surface area contributed by atoms with Crippen LogP contribution in [0.4, 0.5) is 5.69 Å². The largest absolute Gasteiger partial charge is 0.274 e. The number of hydrogen-bond donors (Lipinski definition) is 0. The molecular formula is C10H9Cl2NO2. The van der Waals surface area contributed by atoms with E-state index >= 15 is 0 Å². The van der Waals surface area contributed by atoms with Crippen LogP contribution in [0.25, 0.3) is 0 Å². The summed E-state index contributed by atoms with van der Waals surface area (Å²) in [5, 5.41) is 0.728. The fourth-order valence-electron chi connectivity index (χ4n) is 1.22. The SMILES string of the molecule is CC(=O)N(C(C)=O)c1cc(Cl)ccc1Cl. The number of benzene rings is 1. The van der Waals surface area contributed by atoms with E-state index in [-0.39, 0.29) is 0 Å². The number of anilines is 1. The van der Waals surface area contributed by atoms with Crippen molar-refractivity contribution in [2.24, 2.45) is 0 Å². The Morgan fingerprint density at radius 3 is 2.13 bits per heavy atom. The summed E-state index contributed by atoms with van der Waals surface area (Å²) >= 11 is 11.6. The lowest BCUT2D eigenvalue weighted by Gasteiger charge is -2.18. The van der Waals surface area contributed by atoms with Crippen molar-refractivity contribution in [2.45, 2.75) is 13.8 Å². The molecule has 0 aliphatic carbocycles. The summed E-state index contributed by atoms with van der Waals surface area (Å²) in [4.78, 5) is 23.5. The second kappa shape index (κ2) is 4.64. The number of carbonyl (C=O) groups excluding carboxylic acids is 2. The van der Waals surface area contributed by atoms with Gasteiger partial charge in [-0.3, -0.25) is 9.59 Å². The Kier molecular flexibility index (Phi) is 3.72. The molecule has 0 aromatic heterocycles. The molecule has 15 heavy (non-hydrogen) atoms. The van der Waals surface area contributed by atoms with Crippen molar-refractivity contribution in [3.63, 3.8) is 0 Å². The van der Waals surface area contributed by atoms with Crippen LogP contribution in [0.5, 0.6) is 0 Å². The molecule has 0 heterocycles. The Morgan fingerprint density at radius 2 is 1.67 bits per heavy atom. The lowest BCUT2D eigenvalue weighted by molar-refractivity contribution is -0.124. The van der Waals surface area contributed by atoms with Crippen LogP contribution in [0, 0.1) is 0 Å². The van der Waals surface area contributed by atoms with Gasteiger partial charge in [-0.15, -0.1) is 0 Å². The molecular weight excluding hydrogens is 237 g/mol. The third-order valence-electron chi connectivity index (χ3n) is 1.78. The molecule has 0 bridgehead atoms. The molecule has 0 saturated carbocycles. The fourth-order valence-corrected chi connectivity index (χ4v) is 1.59. The van der Waals surface area contributed by atoms with E-state index in [0.29, 0.717) is 15.7 Å². The first kappa shape index (κ1) is 12.0. The van der Waals surface area contributed by atoms with Gasteiger partial charge in [0.15, 0.2) is 0 Å². The molecule has 0 saturated heterocycles. The minimum atomic E-state index is -0.397. The van der Waals surface area contributed by atoms with Crippen molar-refractivity contribution < 1.29 is 9.59 Å². The zero-order valence-corrected chi connectivity index (χ0v) is 9.76. The first-order valence-corrected chi connectivity index (χ1v) is 4.95. The van der Waals surface area contributed by atoms with Crippen molar-refractivity contribution >= 4 is 40.7 Å². The summed E-state index contributed by atoms with van der Waals surface area (Å²) in [6, 6.07) is 4.61. The number of carbonyl (C=O) groups is 2. The highest BCUT2D eigenvalue weighted by molar-refractivity contribution is 6.36. The zero-order chi connectivity index (χ0) is 11.6. The second-order valence-electron chi connectivity index (χ2n) is 2.97. The Morgan fingerprint density at radius 1 is 1.13 bits per heavy atom. The minimum Gasteiger partial charge on any atom is -0.274 e. The van der Waals surface area contributed by atoms with E-state index in [9.17, 15) is 9.59 Å². The molecule has 0 fully saturated rings.